The largest absolute Gasteiger partial charge is 0.463 e. The fourth-order valence-corrected chi connectivity index (χ4v) is 2.02. The minimum absolute atomic E-state index is 0.0257. The van der Waals surface area contributed by atoms with Crippen LogP contribution in [0.25, 0.3) is 22.1 Å². The van der Waals surface area contributed by atoms with E-state index in [2.05, 4.69) is 0 Å². The van der Waals surface area contributed by atoms with E-state index in [0.29, 0.717) is 11.0 Å². The average molecular weight is 247 g/mol. The minimum atomic E-state index is -0.290. The van der Waals surface area contributed by atoms with Crippen LogP contribution in [0.1, 0.15) is 5.56 Å². The quantitative estimate of drug-likeness (QED) is 0.662. The van der Waals surface area contributed by atoms with E-state index in [9.17, 15) is 4.79 Å². The van der Waals surface area contributed by atoms with Crippen LogP contribution < -0.4 is 5.43 Å². The van der Waals surface area contributed by atoms with Crippen molar-refractivity contribution in [2.75, 3.05) is 0 Å². The summed E-state index contributed by atoms with van der Waals surface area (Å²) in [6.45, 7) is 0. The fraction of sp³-hybridized carbons (Fsp3) is 0. The van der Waals surface area contributed by atoms with Crippen molar-refractivity contribution in [1.29, 1.82) is 5.26 Å². The van der Waals surface area contributed by atoms with Crippen molar-refractivity contribution in [3.63, 3.8) is 0 Å². The maximum atomic E-state index is 12.1. The van der Waals surface area contributed by atoms with Crippen LogP contribution in [-0.2, 0) is 0 Å². The number of hydrogen-bond donors (Lipinski definition) is 0. The monoisotopic (exact) mass is 247 g/mol. The van der Waals surface area contributed by atoms with Crippen molar-refractivity contribution in [2.24, 2.45) is 0 Å². The molecule has 0 aliphatic carbocycles. The lowest BCUT2D eigenvalue weighted by molar-refractivity contribution is 0.600. The second kappa shape index (κ2) is 4.43. The Kier molecular flexibility index (Phi) is 2.62. The van der Waals surface area contributed by atoms with Gasteiger partial charge < -0.3 is 4.42 Å². The predicted molar refractivity (Wildman–Crippen MR) is 72.6 cm³/mol. The summed E-state index contributed by atoms with van der Waals surface area (Å²) in [4.78, 5) is 12.1. The number of nitriles is 1. The van der Waals surface area contributed by atoms with E-state index in [1.165, 1.54) is 6.26 Å². The standard InChI is InChI=1S/C16H9NO2/c17-9-13-10-19-15-7-6-12(8-14(15)16(13)18)11-4-2-1-3-5-11/h1-8,10H. The van der Waals surface area contributed by atoms with E-state index in [0.717, 1.165) is 11.1 Å². The summed E-state index contributed by atoms with van der Waals surface area (Å²) in [6.07, 6.45) is 1.20. The van der Waals surface area contributed by atoms with Crippen molar-refractivity contribution in [3.8, 4) is 17.2 Å². The van der Waals surface area contributed by atoms with Crippen LogP contribution in [0, 0.1) is 11.3 Å². The van der Waals surface area contributed by atoms with Crippen molar-refractivity contribution in [3.05, 3.63) is 70.6 Å². The molecular weight excluding hydrogens is 238 g/mol. The van der Waals surface area contributed by atoms with Gasteiger partial charge in [0, 0.05) is 0 Å². The second-order valence-electron chi connectivity index (χ2n) is 4.17. The van der Waals surface area contributed by atoms with Crippen LogP contribution >= 0.6 is 0 Å². The van der Waals surface area contributed by atoms with Gasteiger partial charge in [-0.25, -0.2) is 0 Å². The molecule has 3 heteroatoms. The molecular formula is C16H9NO2. The molecule has 0 atom stereocenters. The molecule has 3 aromatic rings. The molecule has 2 aromatic carbocycles. The van der Waals surface area contributed by atoms with Crippen molar-refractivity contribution in [2.45, 2.75) is 0 Å². The highest BCUT2D eigenvalue weighted by molar-refractivity contribution is 5.83. The minimum Gasteiger partial charge on any atom is -0.463 e. The molecule has 0 aliphatic heterocycles. The number of hydrogen-bond acceptors (Lipinski definition) is 3. The molecule has 0 unspecified atom stereocenters. The van der Waals surface area contributed by atoms with E-state index < -0.39 is 0 Å². The van der Waals surface area contributed by atoms with Crippen LogP contribution in [0.2, 0.25) is 0 Å². The SMILES string of the molecule is N#Cc1coc2ccc(-c3ccccc3)cc2c1=O. The highest BCUT2D eigenvalue weighted by Crippen LogP contribution is 2.22. The molecule has 0 aliphatic rings. The maximum Gasteiger partial charge on any atom is 0.210 e. The first-order chi connectivity index (χ1) is 9.29. The first-order valence-electron chi connectivity index (χ1n) is 5.80. The molecule has 3 rings (SSSR count). The Bertz CT molecular complexity index is 842. The first-order valence-corrected chi connectivity index (χ1v) is 5.80. The number of fused-ring (bicyclic) bond motifs is 1. The Morgan fingerprint density at radius 3 is 2.53 bits per heavy atom. The van der Waals surface area contributed by atoms with Crippen LogP contribution in [-0.4, -0.2) is 0 Å². The van der Waals surface area contributed by atoms with Gasteiger partial charge in [-0.15, -0.1) is 0 Å². The highest BCUT2D eigenvalue weighted by atomic mass is 16.3. The van der Waals surface area contributed by atoms with Gasteiger partial charge in [0.1, 0.15) is 23.5 Å². The Morgan fingerprint density at radius 2 is 1.79 bits per heavy atom. The van der Waals surface area contributed by atoms with Gasteiger partial charge in [0.05, 0.1) is 5.39 Å². The number of nitrogens with zero attached hydrogens (tertiary/aromatic N) is 1. The smallest absolute Gasteiger partial charge is 0.210 e. The molecule has 1 heterocycles. The molecule has 0 amide bonds. The van der Waals surface area contributed by atoms with Gasteiger partial charge in [-0.1, -0.05) is 36.4 Å². The summed E-state index contributed by atoms with van der Waals surface area (Å²) in [5, 5.41) is 9.29. The Labute approximate surface area is 109 Å². The van der Waals surface area contributed by atoms with E-state index in [-0.39, 0.29) is 11.0 Å². The summed E-state index contributed by atoms with van der Waals surface area (Å²) >= 11 is 0. The first kappa shape index (κ1) is 11.2. The third kappa shape index (κ3) is 1.90. The molecule has 0 saturated carbocycles. The molecule has 0 fully saturated rings. The van der Waals surface area contributed by atoms with Crippen molar-refractivity contribution in [1.82, 2.24) is 0 Å². The molecule has 1 aromatic heterocycles. The average Bonchev–Trinajstić information content (AvgIpc) is 2.48. The van der Waals surface area contributed by atoms with Gasteiger partial charge >= 0.3 is 0 Å². The summed E-state index contributed by atoms with van der Waals surface area (Å²) in [5.74, 6) is 0. The third-order valence-corrected chi connectivity index (χ3v) is 3.00. The number of benzene rings is 2. The van der Waals surface area contributed by atoms with E-state index in [1.807, 2.05) is 42.5 Å². The predicted octanol–water partition coefficient (Wildman–Crippen LogP) is 3.33. The van der Waals surface area contributed by atoms with Crippen molar-refractivity contribution < 1.29 is 4.42 Å². The zero-order valence-electron chi connectivity index (χ0n) is 9.96. The molecule has 0 spiro atoms. The second-order valence-corrected chi connectivity index (χ2v) is 4.17. The Morgan fingerprint density at radius 1 is 1.00 bits per heavy atom. The summed E-state index contributed by atoms with van der Waals surface area (Å²) in [5.41, 5.74) is 2.17. The lowest BCUT2D eigenvalue weighted by atomic mass is 10.0. The Balaban J connectivity index is 2.29. The zero-order valence-corrected chi connectivity index (χ0v) is 9.96. The molecule has 19 heavy (non-hydrogen) atoms. The van der Waals surface area contributed by atoms with Gasteiger partial charge in [-0.3, -0.25) is 4.79 Å². The van der Waals surface area contributed by atoms with Gasteiger partial charge in [0.2, 0.25) is 5.43 Å². The molecule has 0 radical (unpaired) electrons. The molecule has 3 nitrogen and oxygen atoms in total. The lowest BCUT2D eigenvalue weighted by Crippen LogP contribution is -2.05. The molecule has 0 saturated heterocycles. The summed E-state index contributed by atoms with van der Waals surface area (Å²) in [6, 6.07) is 17.0. The Hall–Kier alpha value is -2.86. The topological polar surface area (TPSA) is 54.0 Å². The molecule has 90 valence electrons. The third-order valence-electron chi connectivity index (χ3n) is 3.00. The lowest BCUT2D eigenvalue weighted by Gasteiger charge is -2.03. The summed E-state index contributed by atoms with van der Waals surface area (Å²) in [7, 11) is 0. The number of rotatable bonds is 1. The van der Waals surface area contributed by atoms with Crippen LogP contribution in [0.15, 0.2) is 64.0 Å². The summed E-state index contributed by atoms with van der Waals surface area (Å²) < 4.78 is 5.28. The van der Waals surface area contributed by atoms with Crippen LogP contribution in [0.4, 0.5) is 0 Å². The zero-order chi connectivity index (χ0) is 13.2. The van der Waals surface area contributed by atoms with Gasteiger partial charge in [0.25, 0.3) is 0 Å². The van der Waals surface area contributed by atoms with Gasteiger partial charge in [0.15, 0.2) is 0 Å². The van der Waals surface area contributed by atoms with E-state index >= 15 is 0 Å². The van der Waals surface area contributed by atoms with Crippen LogP contribution in [0.5, 0.6) is 0 Å². The van der Waals surface area contributed by atoms with E-state index in [1.54, 1.807) is 12.1 Å². The molecule has 0 bridgehead atoms. The fourth-order valence-electron chi connectivity index (χ4n) is 2.02. The highest BCUT2D eigenvalue weighted by Gasteiger charge is 2.07. The maximum absolute atomic E-state index is 12.1. The normalized spacial score (nSPS) is 10.3. The van der Waals surface area contributed by atoms with Crippen molar-refractivity contribution >= 4 is 11.0 Å². The van der Waals surface area contributed by atoms with Crippen LogP contribution in [0.3, 0.4) is 0 Å². The van der Waals surface area contributed by atoms with Gasteiger partial charge in [-0.05, 0) is 23.3 Å². The van der Waals surface area contributed by atoms with Gasteiger partial charge in [-0.2, -0.15) is 5.26 Å². The van der Waals surface area contributed by atoms with E-state index in [4.69, 9.17) is 9.68 Å². The molecule has 0 N–H and O–H groups in total.